The van der Waals surface area contributed by atoms with Crippen molar-refractivity contribution in [2.75, 3.05) is 5.32 Å². The van der Waals surface area contributed by atoms with Crippen LogP contribution in [-0.4, -0.2) is 10.0 Å². The molecule has 2 aromatic rings. The van der Waals surface area contributed by atoms with Crippen LogP contribution in [0, 0.1) is 10.1 Å². The highest BCUT2D eigenvalue weighted by Gasteiger charge is 2.22. The van der Waals surface area contributed by atoms with Gasteiger partial charge in [-0.1, -0.05) is 6.07 Å². The summed E-state index contributed by atoms with van der Waals surface area (Å²) in [5, 5.41) is 23.5. The van der Waals surface area contributed by atoms with Crippen molar-refractivity contribution in [1.82, 2.24) is 0 Å². The van der Waals surface area contributed by atoms with E-state index in [9.17, 15) is 15.2 Å². The molecule has 1 atom stereocenters. The number of non-ortho nitro benzene ring substituents is 1. The molecule has 5 nitrogen and oxygen atoms in total. The Morgan fingerprint density at radius 1 is 1.20 bits per heavy atom. The van der Waals surface area contributed by atoms with Crippen LogP contribution in [-0.2, 0) is 6.42 Å². The fourth-order valence-corrected chi connectivity index (χ4v) is 2.63. The molecule has 102 valence electrons. The van der Waals surface area contributed by atoms with Crippen molar-refractivity contribution in [3.63, 3.8) is 0 Å². The van der Waals surface area contributed by atoms with Crippen molar-refractivity contribution in [3.05, 3.63) is 63.7 Å². The number of aromatic hydroxyl groups is 1. The summed E-state index contributed by atoms with van der Waals surface area (Å²) in [4.78, 5) is 10.2. The number of phenols is 1. The van der Waals surface area contributed by atoms with Crippen LogP contribution in [0.1, 0.15) is 23.6 Å². The highest BCUT2D eigenvalue weighted by molar-refractivity contribution is 5.52. The number of hydrogen-bond acceptors (Lipinski definition) is 4. The third-order valence-electron chi connectivity index (χ3n) is 3.62. The largest absolute Gasteiger partial charge is 0.508 e. The standard InChI is InChI=1S/C15H14N2O3/c18-13-6-7-14-10(9-13)1-8-15(14)16-11-2-4-12(5-3-11)17(19)20/h2-7,9,15-16,18H,1,8H2. The lowest BCUT2D eigenvalue weighted by Gasteiger charge is -2.15. The van der Waals surface area contributed by atoms with Crippen molar-refractivity contribution in [2.45, 2.75) is 18.9 Å². The van der Waals surface area contributed by atoms with E-state index in [4.69, 9.17) is 0 Å². The molecule has 0 fully saturated rings. The Balaban J connectivity index is 1.78. The van der Waals surface area contributed by atoms with Gasteiger partial charge in [0.05, 0.1) is 11.0 Å². The molecule has 5 heteroatoms. The zero-order valence-corrected chi connectivity index (χ0v) is 10.7. The molecule has 20 heavy (non-hydrogen) atoms. The fourth-order valence-electron chi connectivity index (χ4n) is 2.63. The number of rotatable bonds is 3. The number of hydrogen-bond donors (Lipinski definition) is 2. The highest BCUT2D eigenvalue weighted by atomic mass is 16.6. The van der Waals surface area contributed by atoms with E-state index in [1.165, 1.54) is 17.7 Å². The topological polar surface area (TPSA) is 75.4 Å². The summed E-state index contributed by atoms with van der Waals surface area (Å²) in [6.07, 6.45) is 1.88. The van der Waals surface area contributed by atoms with Crippen LogP contribution in [0.5, 0.6) is 5.75 Å². The Kier molecular flexibility index (Phi) is 3.02. The van der Waals surface area contributed by atoms with Crippen LogP contribution in [0.2, 0.25) is 0 Å². The first kappa shape index (κ1) is 12.5. The molecule has 2 aromatic carbocycles. The molecule has 0 amide bonds. The fraction of sp³-hybridized carbons (Fsp3) is 0.200. The smallest absolute Gasteiger partial charge is 0.269 e. The second-order valence-corrected chi connectivity index (χ2v) is 4.92. The molecule has 3 rings (SSSR count). The third-order valence-corrected chi connectivity index (χ3v) is 3.62. The summed E-state index contributed by atoms with van der Waals surface area (Å²) in [7, 11) is 0. The summed E-state index contributed by atoms with van der Waals surface area (Å²) in [5.74, 6) is 0.291. The zero-order valence-electron chi connectivity index (χ0n) is 10.7. The predicted molar refractivity (Wildman–Crippen MR) is 75.9 cm³/mol. The van der Waals surface area contributed by atoms with E-state index in [-0.39, 0.29) is 11.7 Å². The Labute approximate surface area is 116 Å². The molecule has 1 aliphatic rings. The van der Waals surface area contributed by atoms with Crippen molar-refractivity contribution in [1.29, 1.82) is 0 Å². The average Bonchev–Trinajstić information content (AvgIpc) is 2.81. The van der Waals surface area contributed by atoms with Crippen molar-refractivity contribution < 1.29 is 10.0 Å². The molecule has 2 N–H and O–H groups in total. The second-order valence-electron chi connectivity index (χ2n) is 4.92. The molecular formula is C15H14N2O3. The lowest BCUT2D eigenvalue weighted by atomic mass is 10.1. The third kappa shape index (κ3) is 2.30. The summed E-state index contributed by atoms with van der Waals surface area (Å²) in [6, 6.07) is 12.0. The van der Waals surface area contributed by atoms with Crippen molar-refractivity contribution >= 4 is 11.4 Å². The molecule has 1 aliphatic carbocycles. The first-order valence-electron chi connectivity index (χ1n) is 6.46. The van der Waals surface area contributed by atoms with Crippen LogP contribution in [0.3, 0.4) is 0 Å². The molecule has 1 unspecified atom stereocenters. The first-order valence-corrected chi connectivity index (χ1v) is 6.46. The van der Waals surface area contributed by atoms with Gasteiger partial charge in [-0.2, -0.15) is 0 Å². The molecular weight excluding hydrogens is 256 g/mol. The summed E-state index contributed by atoms with van der Waals surface area (Å²) < 4.78 is 0. The monoisotopic (exact) mass is 270 g/mol. The summed E-state index contributed by atoms with van der Waals surface area (Å²) in [6.45, 7) is 0. The summed E-state index contributed by atoms with van der Waals surface area (Å²) >= 11 is 0. The van der Waals surface area contributed by atoms with Gasteiger partial charge in [0.15, 0.2) is 0 Å². The number of fused-ring (bicyclic) bond motifs is 1. The maximum absolute atomic E-state index is 10.6. The second kappa shape index (κ2) is 4.85. The predicted octanol–water partition coefficient (Wildman–Crippen LogP) is 3.40. The van der Waals surface area contributed by atoms with Gasteiger partial charge in [0.1, 0.15) is 5.75 Å². The van der Waals surface area contributed by atoms with Gasteiger partial charge in [0, 0.05) is 17.8 Å². The Morgan fingerprint density at radius 3 is 2.65 bits per heavy atom. The van der Waals surface area contributed by atoms with Crippen LogP contribution in [0.15, 0.2) is 42.5 Å². The van der Waals surface area contributed by atoms with Crippen LogP contribution in [0.25, 0.3) is 0 Å². The van der Waals surface area contributed by atoms with E-state index >= 15 is 0 Å². The maximum Gasteiger partial charge on any atom is 0.269 e. The van der Waals surface area contributed by atoms with Gasteiger partial charge in [0.25, 0.3) is 5.69 Å². The van der Waals surface area contributed by atoms with Crippen molar-refractivity contribution in [2.24, 2.45) is 0 Å². The quantitative estimate of drug-likeness (QED) is 0.662. The number of nitro benzene ring substituents is 1. The molecule has 0 aliphatic heterocycles. The van der Waals surface area contributed by atoms with E-state index in [1.807, 2.05) is 6.07 Å². The number of nitro groups is 1. The van der Waals surface area contributed by atoms with Gasteiger partial charge >= 0.3 is 0 Å². The lowest BCUT2D eigenvalue weighted by Crippen LogP contribution is -2.06. The number of nitrogens with zero attached hydrogens (tertiary/aromatic N) is 1. The van der Waals surface area contributed by atoms with Gasteiger partial charge in [-0.3, -0.25) is 10.1 Å². The SMILES string of the molecule is O=[N+]([O-])c1ccc(NC2CCc3cc(O)ccc32)cc1. The van der Waals surface area contributed by atoms with Crippen LogP contribution in [0.4, 0.5) is 11.4 Å². The first-order chi connectivity index (χ1) is 9.63. The average molecular weight is 270 g/mol. The minimum atomic E-state index is -0.405. The number of anilines is 1. The highest BCUT2D eigenvalue weighted by Crippen LogP contribution is 2.35. The molecule has 0 aromatic heterocycles. The van der Waals surface area contributed by atoms with Crippen molar-refractivity contribution in [3.8, 4) is 5.75 Å². The van der Waals surface area contributed by atoms with Gasteiger partial charge in [-0.15, -0.1) is 0 Å². The minimum Gasteiger partial charge on any atom is -0.508 e. The Hall–Kier alpha value is -2.56. The van der Waals surface area contributed by atoms with E-state index in [0.29, 0.717) is 5.75 Å². The lowest BCUT2D eigenvalue weighted by molar-refractivity contribution is -0.384. The number of nitrogens with one attached hydrogen (secondary N) is 1. The molecule has 0 spiro atoms. The van der Waals surface area contributed by atoms with Gasteiger partial charge in [-0.05, 0) is 48.2 Å². The van der Waals surface area contributed by atoms with Gasteiger partial charge in [-0.25, -0.2) is 0 Å². The van der Waals surface area contributed by atoms with Gasteiger partial charge < -0.3 is 10.4 Å². The minimum absolute atomic E-state index is 0.0901. The molecule has 0 radical (unpaired) electrons. The van der Waals surface area contributed by atoms with E-state index in [0.717, 1.165) is 24.1 Å². The van der Waals surface area contributed by atoms with E-state index in [1.54, 1.807) is 24.3 Å². The van der Waals surface area contributed by atoms with Crippen LogP contribution < -0.4 is 5.32 Å². The van der Waals surface area contributed by atoms with Gasteiger partial charge in [0.2, 0.25) is 0 Å². The van der Waals surface area contributed by atoms with E-state index in [2.05, 4.69) is 5.32 Å². The molecule has 0 bridgehead atoms. The van der Waals surface area contributed by atoms with E-state index < -0.39 is 4.92 Å². The maximum atomic E-state index is 10.6. The number of phenolic OH excluding ortho intramolecular Hbond substituents is 1. The molecule has 0 heterocycles. The molecule has 0 saturated carbocycles. The number of aryl methyl sites for hydroxylation is 1. The summed E-state index contributed by atoms with van der Waals surface area (Å²) in [5.41, 5.74) is 3.29. The van der Waals surface area contributed by atoms with Crippen LogP contribution >= 0.6 is 0 Å². The Bertz CT molecular complexity index is 653. The zero-order chi connectivity index (χ0) is 14.1. The normalized spacial score (nSPS) is 16.7. The molecule has 0 saturated heterocycles. The Morgan fingerprint density at radius 2 is 1.95 bits per heavy atom. The number of benzene rings is 2.